The first-order chi connectivity index (χ1) is 9.05. The molecule has 5 nitrogen and oxygen atoms in total. The first-order valence-electron chi connectivity index (χ1n) is 7.52. The van der Waals surface area contributed by atoms with Gasteiger partial charge >= 0.3 is 0 Å². The van der Waals surface area contributed by atoms with E-state index in [0.29, 0.717) is 32.1 Å². The molecule has 0 aromatic rings. The highest BCUT2D eigenvalue weighted by Crippen LogP contribution is 2.27. The standard InChI is InChI=1S/C13H27N3O2S.ClH/c1-12-6-9-16(13(10-12)11-14)19(17,18)15-7-4-2-3-5-8-15;/h12-13H,2-11,14H2,1H3;1H. The van der Waals surface area contributed by atoms with E-state index in [2.05, 4.69) is 6.92 Å². The van der Waals surface area contributed by atoms with Crippen molar-refractivity contribution >= 4 is 22.6 Å². The minimum atomic E-state index is -3.31. The fourth-order valence-corrected chi connectivity index (χ4v) is 5.07. The summed E-state index contributed by atoms with van der Waals surface area (Å²) >= 11 is 0. The van der Waals surface area contributed by atoms with Crippen molar-refractivity contribution in [3.05, 3.63) is 0 Å². The van der Waals surface area contributed by atoms with Gasteiger partial charge in [-0.05, 0) is 31.6 Å². The second kappa shape index (κ2) is 7.94. The van der Waals surface area contributed by atoms with Crippen molar-refractivity contribution in [1.29, 1.82) is 0 Å². The van der Waals surface area contributed by atoms with Crippen LogP contribution in [0.15, 0.2) is 0 Å². The Labute approximate surface area is 129 Å². The molecule has 2 atom stereocenters. The molecule has 0 aromatic heterocycles. The number of nitrogens with two attached hydrogens (primary N) is 1. The van der Waals surface area contributed by atoms with Crippen molar-refractivity contribution < 1.29 is 8.42 Å². The van der Waals surface area contributed by atoms with E-state index in [0.717, 1.165) is 38.5 Å². The Morgan fingerprint density at radius 3 is 2.25 bits per heavy atom. The van der Waals surface area contributed by atoms with Crippen molar-refractivity contribution in [2.24, 2.45) is 11.7 Å². The Morgan fingerprint density at radius 2 is 1.70 bits per heavy atom. The summed E-state index contributed by atoms with van der Waals surface area (Å²) in [7, 11) is -3.31. The first-order valence-corrected chi connectivity index (χ1v) is 8.92. The summed E-state index contributed by atoms with van der Waals surface area (Å²) in [6.07, 6.45) is 6.09. The lowest BCUT2D eigenvalue weighted by Crippen LogP contribution is -2.54. The average Bonchev–Trinajstić information content (AvgIpc) is 2.67. The van der Waals surface area contributed by atoms with Gasteiger partial charge in [0, 0.05) is 32.2 Å². The molecule has 0 radical (unpaired) electrons. The minimum Gasteiger partial charge on any atom is -0.329 e. The van der Waals surface area contributed by atoms with E-state index in [9.17, 15) is 8.42 Å². The van der Waals surface area contributed by atoms with Crippen LogP contribution < -0.4 is 5.73 Å². The van der Waals surface area contributed by atoms with Gasteiger partial charge in [-0.3, -0.25) is 0 Å². The van der Waals surface area contributed by atoms with Gasteiger partial charge in [0.1, 0.15) is 0 Å². The number of hydrogen-bond acceptors (Lipinski definition) is 3. The summed E-state index contributed by atoms with van der Waals surface area (Å²) < 4.78 is 28.9. The number of piperidine rings is 1. The maximum Gasteiger partial charge on any atom is 0.282 e. The van der Waals surface area contributed by atoms with Crippen LogP contribution in [-0.4, -0.2) is 49.2 Å². The van der Waals surface area contributed by atoms with E-state index >= 15 is 0 Å². The minimum absolute atomic E-state index is 0. The van der Waals surface area contributed by atoms with Crippen molar-refractivity contribution in [2.75, 3.05) is 26.2 Å². The molecule has 2 saturated heterocycles. The Balaban J connectivity index is 0.00000200. The highest BCUT2D eigenvalue weighted by Gasteiger charge is 2.37. The molecule has 2 aliphatic rings. The van der Waals surface area contributed by atoms with Crippen LogP contribution >= 0.6 is 12.4 Å². The molecule has 0 aliphatic carbocycles. The molecule has 0 amide bonds. The molecule has 0 spiro atoms. The zero-order valence-corrected chi connectivity index (χ0v) is 14.0. The van der Waals surface area contributed by atoms with Crippen molar-refractivity contribution in [3.63, 3.8) is 0 Å². The van der Waals surface area contributed by atoms with Gasteiger partial charge < -0.3 is 5.73 Å². The lowest BCUT2D eigenvalue weighted by Gasteiger charge is -2.39. The SMILES string of the molecule is CC1CCN(S(=O)(=O)N2CCCCCC2)C(CN)C1.Cl. The normalized spacial score (nSPS) is 30.5. The molecular weight excluding hydrogens is 298 g/mol. The first kappa shape index (κ1) is 18.2. The van der Waals surface area contributed by atoms with Gasteiger partial charge in [0.25, 0.3) is 10.2 Å². The van der Waals surface area contributed by atoms with Crippen LogP contribution in [0.3, 0.4) is 0 Å². The van der Waals surface area contributed by atoms with E-state index in [4.69, 9.17) is 5.73 Å². The van der Waals surface area contributed by atoms with Crippen LogP contribution in [0, 0.1) is 5.92 Å². The molecule has 0 saturated carbocycles. The van der Waals surface area contributed by atoms with Crippen molar-refractivity contribution in [2.45, 2.75) is 51.5 Å². The topological polar surface area (TPSA) is 66.6 Å². The third kappa shape index (κ3) is 4.07. The quantitative estimate of drug-likeness (QED) is 0.857. The van der Waals surface area contributed by atoms with Crippen LogP contribution in [0.1, 0.15) is 45.4 Å². The Hall–Kier alpha value is 0.120. The molecule has 2 heterocycles. The van der Waals surface area contributed by atoms with Crippen LogP contribution in [-0.2, 0) is 10.2 Å². The van der Waals surface area contributed by atoms with E-state index in [1.807, 2.05) is 0 Å². The monoisotopic (exact) mass is 325 g/mol. The van der Waals surface area contributed by atoms with Crippen LogP contribution in [0.25, 0.3) is 0 Å². The molecule has 2 rings (SSSR count). The fourth-order valence-electron chi connectivity index (χ4n) is 3.17. The predicted octanol–water partition coefficient (Wildman–Crippen LogP) is 1.59. The molecule has 0 aromatic carbocycles. The largest absolute Gasteiger partial charge is 0.329 e. The molecule has 2 fully saturated rings. The average molecular weight is 326 g/mol. The van der Waals surface area contributed by atoms with Crippen molar-refractivity contribution in [3.8, 4) is 0 Å². The summed E-state index contributed by atoms with van der Waals surface area (Å²) in [6.45, 7) is 4.58. The molecule has 20 heavy (non-hydrogen) atoms. The Kier molecular flexibility index (Phi) is 7.21. The lowest BCUT2D eigenvalue weighted by molar-refractivity contribution is 0.197. The smallest absolute Gasteiger partial charge is 0.282 e. The lowest BCUT2D eigenvalue weighted by atomic mass is 9.94. The highest BCUT2D eigenvalue weighted by molar-refractivity contribution is 7.86. The summed E-state index contributed by atoms with van der Waals surface area (Å²) in [4.78, 5) is 0. The zero-order valence-electron chi connectivity index (χ0n) is 12.3. The molecular formula is C13H28ClN3O2S. The number of halogens is 1. The van der Waals surface area contributed by atoms with E-state index in [-0.39, 0.29) is 18.4 Å². The molecule has 7 heteroatoms. The third-order valence-corrected chi connectivity index (χ3v) is 6.47. The van der Waals surface area contributed by atoms with Crippen molar-refractivity contribution in [1.82, 2.24) is 8.61 Å². The van der Waals surface area contributed by atoms with Gasteiger partial charge in [-0.2, -0.15) is 17.0 Å². The Bertz CT molecular complexity index is 383. The second-order valence-electron chi connectivity index (χ2n) is 5.95. The van der Waals surface area contributed by atoms with Gasteiger partial charge in [-0.1, -0.05) is 19.8 Å². The summed E-state index contributed by atoms with van der Waals surface area (Å²) in [5.74, 6) is 0.573. The maximum atomic E-state index is 12.8. The van der Waals surface area contributed by atoms with Crippen LogP contribution in [0.5, 0.6) is 0 Å². The third-order valence-electron chi connectivity index (χ3n) is 4.38. The second-order valence-corrected chi connectivity index (χ2v) is 7.83. The number of nitrogens with zero attached hydrogens (tertiary/aromatic N) is 2. The van der Waals surface area contributed by atoms with Gasteiger partial charge in [-0.25, -0.2) is 0 Å². The van der Waals surface area contributed by atoms with E-state index in [1.54, 1.807) is 8.61 Å². The summed E-state index contributed by atoms with van der Waals surface area (Å²) in [5.41, 5.74) is 5.79. The Morgan fingerprint density at radius 1 is 1.10 bits per heavy atom. The van der Waals surface area contributed by atoms with Crippen LogP contribution in [0.4, 0.5) is 0 Å². The van der Waals surface area contributed by atoms with Gasteiger partial charge in [0.2, 0.25) is 0 Å². The molecule has 2 N–H and O–H groups in total. The van der Waals surface area contributed by atoms with Gasteiger partial charge in [0.15, 0.2) is 0 Å². The maximum absolute atomic E-state index is 12.8. The van der Waals surface area contributed by atoms with Crippen LogP contribution in [0.2, 0.25) is 0 Å². The summed E-state index contributed by atoms with van der Waals surface area (Å²) in [6, 6.07) is -0.0167. The molecule has 2 aliphatic heterocycles. The fraction of sp³-hybridized carbons (Fsp3) is 1.00. The molecule has 120 valence electrons. The van der Waals surface area contributed by atoms with E-state index in [1.165, 1.54) is 0 Å². The van der Waals surface area contributed by atoms with Gasteiger partial charge in [-0.15, -0.1) is 12.4 Å². The predicted molar refractivity (Wildman–Crippen MR) is 84.2 cm³/mol. The zero-order chi connectivity index (χ0) is 13.9. The molecule has 0 bridgehead atoms. The molecule has 2 unspecified atom stereocenters. The number of rotatable bonds is 3. The van der Waals surface area contributed by atoms with Gasteiger partial charge in [0.05, 0.1) is 0 Å². The summed E-state index contributed by atoms with van der Waals surface area (Å²) in [5, 5.41) is 0. The number of hydrogen-bond donors (Lipinski definition) is 1. The highest BCUT2D eigenvalue weighted by atomic mass is 35.5. The van der Waals surface area contributed by atoms with E-state index < -0.39 is 10.2 Å².